The van der Waals surface area contributed by atoms with Crippen LogP contribution < -0.4 is 9.80 Å². The maximum absolute atomic E-state index is 13.5. The minimum absolute atomic E-state index is 0.00668. The van der Waals surface area contributed by atoms with Crippen molar-refractivity contribution in [3.05, 3.63) is 59.7 Å². The molecule has 0 aromatic heterocycles. The molecule has 0 aliphatic carbocycles. The normalized spacial score (nSPS) is 20.6. The molecular weight excluding hydrogens is 480 g/mol. The molecule has 0 bridgehead atoms. The number of para-hydroxylation sites is 1. The highest BCUT2D eigenvalue weighted by Gasteiger charge is 2.59. The van der Waals surface area contributed by atoms with Gasteiger partial charge in [-0.25, -0.2) is 9.59 Å². The molecule has 2 fully saturated rings. The molecule has 1 atom stereocenters. The molecular formula is C30H41N4O4+. The third-order valence-electron chi connectivity index (χ3n) is 7.59. The standard InChI is InChI=1S/C30H41N4O4/c1-22(35)38-34(30(5,6)7)21-20-33(28(34)37)24-14-12-23(13-15-24)27(36)32-18-16-31(17-19-32)26-11-9-8-10-25(26)29(2,3)4/h8-15H,16-21H2,1-7H3/q+1. The molecule has 2 aromatic carbocycles. The molecule has 8 heteroatoms. The number of quaternary nitrogens is 1. The van der Waals surface area contributed by atoms with Crippen molar-refractivity contribution in [1.82, 2.24) is 4.90 Å². The molecule has 2 aliphatic heterocycles. The zero-order chi connectivity index (χ0) is 27.9. The molecule has 8 nitrogen and oxygen atoms in total. The second kappa shape index (κ2) is 10.1. The first-order valence-electron chi connectivity index (χ1n) is 13.4. The summed E-state index contributed by atoms with van der Waals surface area (Å²) in [5.74, 6) is -0.495. The molecule has 2 aliphatic rings. The fourth-order valence-electron chi connectivity index (χ4n) is 5.43. The highest BCUT2D eigenvalue weighted by Crippen LogP contribution is 2.35. The van der Waals surface area contributed by atoms with Crippen molar-refractivity contribution >= 4 is 29.3 Å². The molecule has 0 radical (unpaired) electrons. The Morgan fingerprint density at radius 3 is 2.00 bits per heavy atom. The number of benzene rings is 2. The molecule has 1 unspecified atom stereocenters. The number of hydrogen-bond donors (Lipinski definition) is 0. The van der Waals surface area contributed by atoms with E-state index in [-0.39, 0.29) is 22.0 Å². The summed E-state index contributed by atoms with van der Waals surface area (Å²) in [4.78, 5) is 50.0. The van der Waals surface area contributed by atoms with Crippen LogP contribution in [0.1, 0.15) is 64.4 Å². The van der Waals surface area contributed by atoms with Crippen LogP contribution in [-0.4, -0.2) is 72.3 Å². The van der Waals surface area contributed by atoms with Crippen molar-refractivity contribution in [3.63, 3.8) is 0 Å². The first-order chi connectivity index (χ1) is 17.7. The molecule has 38 heavy (non-hydrogen) atoms. The van der Waals surface area contributed by atoms with Crippen LogP contribution in [0.15, 0.2) is 48.5 Å². The molecule has 0 saturated carbocycles. The summed E-state index contributed by atoms with van der Waals surface area (Å²) in [6.07, 6.45) is 0. The topological polar surface area (TPSA) is 70.2 Å². The largest absolute Gasteiger partial charge is 0.466 e. The Morgan fingerprint density at radius 2 is 1.45 bits per heavy atom. The number of anilines is 2. The first-order valence-corrected chi connectivity index (χ1v) is 13.4. The lowest BCUT2D eigenvalue weighted by atomic mass is 9.85. The summed E-state index contributed by atoms with van der Waals surface area (Å²) >= 11 is 0. The molecule has 4 rings (SSSR count). The maximum atomic E-state index is 13.5. The van der Waals surface area contributed by atoms with E-state index >= 15 is 0 Å². The average Bonchev–Trinajstić information content (AvgIpc) is 3.19. The highest BCUT2D eigenvalue weighted by molar-refractivity contribution is 5.96. The van der Waals surface area contributed by atoms with Crippen LogP contribution in [0.3, 0.4) is 0 Å². The van der Waals surface area contributed by atoms with Crippen LogP contribution in [0.2, 0.25) is 0 Å². The number of carbonyl (C=O) groups is 3. The second-order valence-corrected chi connectivity index (χ2v) is 12.2. The van der Waals surface area contributed by atoms with Gasteiger partial charge in [0, 0.05) is 50.0 Å². The third-order valence-corrected chi connectivity index (χ3v) is 7.59. The second-order valence-electron chi connectivity index (χ2n) is 12.2. The third kappa shape index (κ3) is 5.14. The van der Waals surface area contributed by atoms with Gasteiger partial charge in [0.15, 0.2) is 0 Å². The van der Waals surface area contributed by atoms with Gasteiger partial charge in [-0.05, 0) is 66.7 Å². The Hall–Kier alpha value is -3.39. The Labute approximate surface area is 226 Å². The zero-order valence-electron chi connectivity index (χ0n) is 23.8. The number of piperazine rings is 1. The number of amides is 3. The fraction of sp³-hybridized carbons (Fsp3) is 0.500. The molecule has 2 saturated heterocycles. The SMILES string of the molecule is CC(=O)O[N+]1(C(C)(C)C)CCN(c2ccc(C(=O)N3CCN(c4ccccc4C(C)(C)C)CC3)cc2)C1=O. The number of hydrogen-bond acceptors (Lipinski definition) is 5. The predicted molar refractivity (Wildman–Crippen MR) is 149 cm³/mol. The monoisotopic (exact) mass is 521 g/mol. The van der Waals surface area contributed by atoms with Crippen LogP contribution in [0.5, 0.6) is 0 Å². The summed E-state index contributed by atoms with van der Waals surface area (Å²) in [6.45, 7) is 17.3. The van der Waals surface area contributed by atoms with Crippen LogP contribution in [-0.2, 0) is 15.0 Å². The van der Waals surface area contributed by atoms with Gasteiger partial charge in [-0.15, -0.1) is 0 Å². The van der Waals surface area contributed by atoms with Crippen LogP contribution in [0.4, 0.5) is 16.2 Å². The van der Waals surface area contributed by atoms with E-state index in [9.17, 15) is 14.4 Å². The van der Waals surface area contributed by atoms with Gasteiger partial charge in [-0.3, -0.25) is 14.5 Å². The van der Waals surface area contributed by atoms with Crippen LogP contribution >= 0.6 is 0 Å². The van der Waals surface area contributed by atoms with Crippen molar-refractivity contribution in [3.8, 4) is 0 Å². The van der Waals surface area contributed by atoms with Crippen LogP contribution in [0.25, 0.3) is 0 Å². The molecule has 204 valence electrons. The van der Waals surface area contributed by atoms with E-state index in [1.165, 1.54) is 18.2 Å². The van der Waals surface area contributed by atoms with Gasteiger partial charge in [0.05, 0.1) is 6.54 Å². The summed E-state index contributed by atoms with van der Waals surface area (Å²) in [6, 6.07) is 15.4. The smallest absolute Gasteiger partial charge is 0.368 e. The highest BCUT2D eigenvalue weighted by atomic mass is 16.8. The van der Waals surface area contributed by atoms with E-state index < -0.39 is 11.5 Å². The fourth-order valence-corrected chi connectivity index (χ4v) is 5.43. The number of rotatable bonds is 4. The van der Waals surface area contributed by atoms with E-state index in [1.54, 1.807) is 29.2 Å². The Balaban J connectivity index is 1.43. The van der Waals surface area contributed by atoms with E-state index in [1.807, 2.05) is 25.7 Å². The lowest BCUT2D eigenvalue weighted by Crippen LogP contribution is -2.62. The maximum Gasteiger partial charge on any atom is 0.466 e. The van der Waals surface area contributed by atoms with E-state index in [0.717, 1.165) is 13.1 Å². The van der Waals surface area contributed by atoms with Gasteiger partial charge < -0.3 is 9.80 Å². The lowest BCUT2D eigenvalue weighted by Gasteiger charge is -2.38. The van der Waals surface area contributed by atoms with E-state index in [0.29, 0.717) is 37.4 Å². The Kier molecular flexibility index (Phi) is 7.32. The Bertz CT molecular complexity index is 1200. The van der Waals surface area contributed by atoms with E-state index in [4.69, 9.17) is 4.84 Å². The minimum Gasteiger partial charge on any atom is -0.368 e. The molecule has 2 aromatic rings. The van der Waals surface area contributed by atoms with Gasteiger partial charge in [-0.2, -0.15) is 0 Å². The minimum atomic E-state index is -0.608. The molecule has 2 heterocycles. The lowest BCUT2D eigenvalue weighted by molar-refractivity contribution is -1.05. The molecule has 0 N–H and O–H groups in total. The van der Waals surface area contributed by atoms with Gasteiger partial charge in [-0.1, -0.05) is 39.0 Å². The summed E-state index contributed by atoms with van der Waals surface area (Å²) in [5, 5.41) is 0. The van der Waals surface area contributed by atoms with Gasteiger partial charge in [0.2, 0.25) is 0 Å². The predicted octanol–water partition coefficient (Wildman–Crippen LogP) is 4.98. The van der Waals surface area contributed by atoms with Crippen molar-refractivity contribution in [2.24, 2.45) is 0 Å². The number of carbonyl (C=O) groups excluding carboxylic acids is 3. The van der Waals surface area contributed by atoms with Crippen molar-refractivity contribution in [2.75, 3.05) is 49.1 Å². The summed E-state index contributed by atoms with van der Waals surface area (Å²) in [7, 11) is 0. The van der Waals surface area contributed by atoms with E-state index in [2.05, 4.69) is 49.9 Å². The van der Waals surface area contributed by atoms with Gasteiger partial charge in [0.1, 0.15) is 12.1 Å². The summed E-state index contributed by atoms with van der Waals surface area (Å²) < 4.78 is -0.383. The average molecular weight is 522 g/mol. The summed E-state index contributed by atoms with van der Waals surface area (Å²) in [5.41, 5.74) is 3.28. The van der Waals surface area contributed by atoms with Gasteiger partial charge in [0.25, 0.3) is 5.91 Å². The number of hydroxylamine groups is 3. The van der Waals surface area contributed by atoms with Crippen LogP contribution in [0, 0.1) is 0 Å². The Morgan fingerprint density at radius 1 is 0.842 bits per heavy atom. The van der Waals surface area contributed by atoms with Crippen molar-refractivity contribution < 1.29 is 23.9 Å². The first kappa shape index (κ1) is 27.6. The number of urea groups is 1. The molecule has 0 spiro atoms. The number of nitrogens with zero attached hydrogens (tertiary/aromatic N) is 4. The van der Waals surface area contributed by atoms with Crippen molar-refractivity contribution in [1.29, 1.82) is 0 Å². The van der Waals surface area contributed by atoms with Crippen molar-refractivity contribution in [2.45, 2.75) is 59.4 Å². The zero-order valence-corrected chi connectivity index (χ0v) is 23.8. The molecule has 3 amide bonds. The van der Waals surface area contributed by atoms with Gasteiger partial charge >= 0.3 is 12.0 Å². The quantitative estimate of drug-likeness (QED) is 0.531.